The van der Waals surface area contributed by atoms with Crippen LogP contribution in [0.2, 0.25) is 0 Å². The molecule has 0 saturated carbocycles. The van der Waals surface area contributed by atoms with Gasteiger partial charge in [0.05, 0.1) is 0 Å². The zero-order chi connectivity index (χ0) is 13.0. The van der Waals surface area contributed by atoms with Gasteiger partial charge in [0.1, 0.15) is 0 Å². The Balaban J connectivity index is 2.77. The summed E-state index contributed by atoms with van der Waals surface area (Å²) >= 11 is 0. The Morgan fingerprint density at radius 3 is 2.65 bits per heavy atom. The second-order valence-corrected chi connectivity index (χ2v) is 5.62. The van der Waals surface area contributed by atoms with Gasteiger partial charge in [0.15, 0.2) is 5.78 Å². The van der Waals surface area contributed by atoms with Crippen LogP contribution in [0.3, 0.4) is 0 Å². The molecule has 2 unspecified atom stereocenters. The Morgan fingerprint density at radius 2 is 2.18 bits per heavy atom. The molecule has 1 aromatic carbocycles. The van der Waals surface area contributed by atoms with E-state index in [-0.39, 0.29) is 11.8 Å². The van der Waals surface area contributed by atoms with Gasteiger partial charge in [0, 0.05) is 45.8 Å². The highest BCUT2D eigenvalue weighted by molar-refractivity contribution is 7.84. The molecule has 1 aromatic rings. The molecule has 1 rings (SSSR count). The van der Waals surface area contributed by atoms with Crippen LogP contribution in [0.15, 0.2) is 18.2 Å². The summed E-state index contributed by atoms with van der Waals surface area (Å²) in [6, 6.07) is 5.34. The van der Waals surface area contributed by atoms with E-state index in [2.05, 4.69) is 5.32 Å². The van der Waals surface area contributed by atoms with Crippen molar-refractivity contribution in [1.82, 2.24) is 0 Å². The summed E-state index contributed by atoms with van der Waals surface area (Å²) in [5.74, 6) is 0.533. The molecular formula is C12H18N2O2S. The fourth-order valence-electron chi connectivity index (χ4n) is 1.65. The van der Waals surface area contributed by atoms with Gasteiger partial charge in [-0.3, -0.25) is 9.00 Å². The van der Waals surface area contributed by atoms with Crippen LogP contribution in [-0.2, 0) is 10.8 Å². The SMILES string of the molecule is CC(=O)c1ccc(NC(C)CS(C)=O)cc1N. The molecule has 3 N–H and O–H groups in total. The van der Waals surface area contributed by atoms with E-state index in [1.807, 2.05) is 13.0 Å². The van der Waals surface area contributed by atoms with Crippen molar-refractivity contribution in [3.05, 3.63) is 23.8 Å². The van der Waals surface area contributed by atoms with E-state index < -0.39 is 10.8 Å². The molecule has 0 aromatic heterocycles. The third-order valence-corrected chi connectivity index (χ3v) is 3.30. The van der Waals surface area contributed by atoms with E-state index in [0.717, 1.165) is 5.69 Å². The molecule has 0 saturated heterocycles. The molecule has 5 heteroatoms. The van der Waals surface area contributed by atoms with Gasteiger partial charge < -0.3 is 11.1 Å². The molecular weight excluding hydrogens is 236 g/mol. The highest BCUT2D eigenvalue weighted by Crippen LogP contribution is 2.19. The normalized spacial score (nSPS) is 14.1. The topological polar surface area (TPSA) is 72.2 Å². The summed E-state index contributed by atoms with van der Waals surface area (Å²) in [6.45, 7) is 3.44. The predicted molar refractivity (Wildman–Crippen MR) is 72.9 cm³/mol. The number of ketones is 1. The number of carbonyl (C=O) groups is 1. The Labute approximate surface area is 104 Å². The minimum atomic E-state index is -0.834. The molecule has 94 valence electrons. The molecule has 0 spiro atoms. The standard InChI is InChI=1S/C12H18N2O2S/c1-8(7-17(3)16)14-10-4-5-11(9(2)15)12(13)6-10/h4-6,8,14H,7,13H2,1-3H3. The van der Waals surface area contributed by atoms with Gasteiger partial charge in [-0.15, -0.1) is 0 Å². The minimum Gasteiger partial charge on any atom is -0.398 e. The van der Waals surface area contributed by atoms with Crippen molar-refractivity contribution < 1.29 is 9.00 Å². The Morgan fingerprint density at radius 1 is 1.53 bits per heavy atom. The van der Waals surface area contributed by atoms with Crippen molar-refractivity contribution in [3.8, 4) is 0 Å². The largest absolute Gasteiger partial charge is 0.398 e. The average Bonchev–Trinajstić information content (AvgIpc) is 2.15. The number of anilines is 2. The van der Waals surface area contributed by atoms with Crippen LogP contribution >= 0.6 is 0 Å². The van der Waals surface area contributed by atoms with E-state index >= 15 is 0 Å². The summed E-state index contributed by atoms with van der Waals surface area (Å²) in [4.78, 5) is 11.2. The Hall–Kier alpha value is -1.36. The number of nitrogens with one attached hydrogen (secondary N) is 1. The monoisotopic (exact) mass is 254 g/mol. The smallest absolute Gasteiger partial charge is 0.161 e. The molecule has 0 radical (unpaired) electrons. The summed E-state index contributed by atoms with van der Waals surface area (Å²) in [5.41, 5.74) is 7.61. The number of hydrogen-bond donors (Lipinski definition) is 2. The molecule has 0 aliphatic rings. The van der Waals surface area contributed by atoms with Crippen LogP contribution in [0, 0.1) is 0 Å². The first-order valence-electron chi connectivity index (χ1n) is 5.37. The van der Waals surface area contributed by atoms with Gasteiger partial charge in [-0.25, -0.2) is 0 Å². The van der Waals surface area contributed by atoms with E-state index in [9.17, 15) is 9.00 Å². The van der Waals surface area contributed by atoms with E-state index in [1.165, 1.54) is 6.92 Å². The van der Waals surface area contributed by atoms with E-state index in [0.29, 0.717) is 17.0 Å². The van der Waals surface area contributed by atoms with Crippen LogP contribution in [-0.4, -0.2) is 28.0 Å². The highest BCUT2D eigenvalue weighted by Gasteiger charge is 2.08. The van der Waals surface area contributed by atoms with Crippen LogP contribution in [0.1, 0.15) is 24.2 Å². The second kappa shape index (κ2) is 5.82. The fraction of sp³-hybridized carbons (Fsp3) is 0.417. The molecule has 4 nitrogen and oxygen atoms in total. The first kappa shape index (κ1) is 13.7. The van der Waals surface area contributed by atoms with Crippen molar-refractivity contribution in [2.24, 2.45) is 0 Å². The Kier molecular flexibility index (Phi) is 4.69. The zero-order valence-electron chi connectivity index (χ0n) is 10.3. The molecule has 0 fully saturated rings. The van der Waals surface area contributed by atoms with Gasteiger partial charge in [-0.2, -0.15) is 0 Å². The number of carbonyl (C=O) groups excluding carboxylic acids is 1. The molecule has 17 heavy (non-hydrogen) atoms. The maximum absolute atomic E-state index is 11.2. The fourth-order valence-corrected chi connectivity index (χ4v) is 2.44. The van der Waals surface area contributed by atoms with Gasteiger partial charge >= 0.3 is 0 Å². The molecule has 0 bridgehead atoms. The van der Waals surface area contributed by atoms with Crippen LogP contribution in [0.25, 0.3) is 0 Å². The summed E-state index contributed by atoms with van der Waals surface area (Å²) in [7, 11) is -0.834. The van der Waals surface area contributed by atoms with Crippen LogP contribution in [0.4, 0.5) is 11.4 Å². The van der Waals surface area contributed by atoms with Crippen molar-refractivity contribution >= 4 is 28.0 Å². The molecule has 0 amide bonds. The lowest BCUT2D eigenvalue weighted by molar-refractivity contribution is 0.101. The summed E-state index contributed by atoms with van der Waals surface area (Å²) < 4.78 is 11.1. The number of hydrogen-bond acceptors (Lipinski definition) is 4. The second-order valence-electron chi connectivity index (χ2n) is 4.14. The summed E-state index contributed by atoms with van der Waals surface area (Å²) in [6.07, 6.45) is 1.67. The maximum Gasteiger partial charge on any atom is 0.161 e. The minimum absolute atomic E-state index is 0.0447. The molecule has 0 aliphatic heterocycles. The Bertz CT molecular complexity index is 446. The van der Waals surface area contributed by atoms with Crippen molar-refractivity contribution in [3.63, 3.8) is 0 Å². The van der Waals surface area contributed by atoms with Crippen molar-refractivity contribution in [2.45, 2.75) is 19.9 Å². The van der Waals surface area contributed by atoms with Crippen molar-refractivity contribution in [1.29, 1.82) is 0 Å². The number of rotatable bonds is 5. The third kappa shape index (κ3) is 4.19. The maximum atomic E-state index is 11.2. The first-order valence-corrected chi connectivity index (χ1v) is 7.10. The van der Waals surface area contributed by atoms with Crippen molar-refractivity contribution in [2.75, 3.05) is 23.1 Å². The lowest BCUT2D eigenvalue weighted by atomic mass is 10.1. The number of nitrogens with two attached hydrogens (primary N) is 1. The van der Waals surface area contributed by atoms with Gasteiger partial charge in [-0.05, 0) is 32.0 Å². The predicted octanol–water partition coefficient (Wildman–Crippen LogP) is 1.65. The number of nitrogen functional groups attached to an aromatic ring is 1. The quantitative estimate of drug-likeness (QED) is 0.619. The van der Waals surface area contributed by atoms with Gasteiger partial charge in [0.25, 0.3) is 0 Å². The van der Waals surface area contributed by atoms with Gasteiger partial charge in [0.2, 0.25) is 0 Å². The van der Waals surface area contributed by atoms with Crippen LogP contribution < -0.4 is 11.1 Å². The van der Waals surface area contributed by atoms with E-state index in [4.69, 9.17) is 5.73 Å². The lowest BCUT2D eigenvalue weighted by Gasteiger charge is -2.15. The third-order valence-electron chi connectivity index (χ3n) is 2.33. The number of Topliss-reactive ketones (excluding diaryl/α,β-unsaturated/α-hetero) is 1. The average molecular weight is 254 g/mol. The zero-order valence-corrected chi connectivity index (χ0v) is 11.1. The lowest BCUT2D eigenvalue weighted by Crippen LogP contribution is -2.22. The van der Waals surface area contributed by atoms with E-state index in [1.54, 1.807) is 18.4 Å². The van der Waals surface area contributed by atoms with Crippen LogP contribution in [0.5, 0.6) is 0 Å². The molecule has 0 aliphatic carbocycles. The molecule has 2 atom stereocenters. The highest BCUT2D eigenvalue weighted by atomic mass is 32.2. The number of benzene rings is 1. The summed E-state index contributed by atoms with van der Waals surface area (Å²) in [5, 5.41) is 3.20. The first-order chi connectivity index (χ1) is 7.90. The van der Waals surface area contributed by atoms with Gasteiger partial charge in [-0.1, -0.05) is 0 Å². The molecule has 0 heterocycles.